The van der Waals surface area contributed by atoms with Gasteiger partial charge in [0.1, 0.15) is 5.76 Å². The van der Waals surface area contributed by atoms with E-state index in [0.29, 0.717) is 34.1 Å². The number of nitrogens with one attached hydrogen (secondary N) is 2. The number of anilines is 3. The zero-order valence-corrected chi connectivity index (χ0v) is 14.9. The Morgan fingerprint density at radius 3 is 2.74 bits per heavy atom. The summed E-state index contributed by atoms with van der Waals surface area (Å²) in [5.74, 6) is 0.111. The maximum Gasteiger partial charge on any atom is 0.340 e. The van der Waals surface area contributed by atoms with Crippen LogP contribution in [-0.4, -0.2) is 28.6 Å². The second-order valence-corrected chi connectivity index (χ2v) is 5.63. The molecular weight excluding hydrogens is 348 g/mol. The fourth-order valence-corrected chi connectivity index (χ4v) is 2.38. The standard InChI is InChI=1S/C19H18N4O4/c1-3-26-19(25)15-6-4-5-7-16(15)21-14-9-13(10-20-11-14)18(24)22-17-8-12(2)27-23-17/h4-11,21H,3H2,1-2H3,(H,22,23,24). The Morgan fingerprint density at radius 1 is 1.19 bits per heavy atom. The highest BCUT2D eigenvalue weighted by atomic mass is 16.5. The Morgan fingerprint density at radius 2 is 2.00 bits per heavy atom. The van der Waals surface area contributed by atoms with Crippen molar-refractivity contribution in [3.8, 4) is 0 Å². The molecule has 1 aromatic carbocycles. The zero-order valence-electron chi connectivity index (χ0n) is 14.9. The van der Waals surface area contributed by atoms with Crippen molar-refractivity contribution in [2.75, 3.05) is 17.2 Å². The lowest BCUT2D eigenvalue weighted by Crippen LogP contribution is -2.13. The Hall–Kier alpha value is -3.68. The number of ether oxygens (including phenoxy) is 1. The van der Waals surface area contributed by atoms with Gasteiger partial charge in [0.15, 0.2) is 5.82 Å². The third-order valence-corrected chi connectivity index (χ3v) is 3.57. The van der Waals surface area contributed by atoms with Crippen LogP contribution in [0.25, 0.3) is 0 Å². The molecule has 0 aliphatic carbocycles. The number of hydrogen-bond acceptors (Lipinski definition) is 7. The number of carbonyl (C=O) groups is 2. The molecule has 0 fully saturated rings. The molecule has 0 bridgehead atoms. The molecule has 0 spiro atoms. The van der Waals surface area contributed by atoms with Gasteiger partial charge in [-0.2, -0.15) is 0 Å². The van der Waals surface area contributed by atoms with Crippen LogP contribution in [0.1, 0.15) is 33.4 Å². The Bertz CT molecular complexity index is 968. The predicted molar refractivity (Wildman–Crippen MR) is 99.1 cm³/mol. The first-order valence-corrected chi connectivity index (χ1v) is 8.29. The minimum Gasteiger partial charge on any atom is -0.462 e. The summed E-state index contributed by atoms with van der Waals surface area (Å²) in [6, 6.07) is 10.2. The normalized spacial score (nSPS) is 10.3. The maximum atomic E-state index is 12.4. The first-order valence-electron chi connectivity index (χ1n) is 8.29. The van der Waals surface area contributed by atoms with Crippen LogP contribution in [0.15, 0.2) is 53.3 Å². The molecular formula is C19H18N4O4. The van der Waals surface area contributed by atoms with Crippen molar-refractivity contribution in [3.63, 3.8) is 0 Å². The Labute approximate surface area is 155 Å². The lowest BCUT2D eigenvalue weighted by atomic mass is 10.1. The highest BCUT2D eigenvalue weighted by molar-refractivity contribution is 6.04. The summed E-state index contributed by atoms with van der Waals surface area (Å²) < 4.78 is 9.99. The predicted octanol–water partition coefficient (Wildman–Crippen LogP) is 3.55. The number of hydrogen-bond donors (Lipinski definition) is 2. The van der Waals surface area contributed by atoms with Gasteiger partial charge in [0.05, 0.1) is 35.3 Å². The van der Waals surface area contributed by atoms with E-state index in [9.17, 15) is 9.59 Å². The van der Waals surface area contributed by atoms with Gasteiger partial charge in [-0.3, -0.25) is 9.78 Å². The second kappa shape index (κ2) is 8.13. The van der Waals surface area contributed by atoms with Crippen LogP contribution in [-0.2, 0) is 4.74 Å². The largest absolute Gasteiger partial charge is 0.462 e. The SMILES string of the molecule is CCOC(=O)c1ccccc1Nc1cncc(C(=O)Nc2cc(C)on2)c1. The van der Waals surface area contributed by atoms with Gasteiger partial charge in [-0.05, 0) is 32.0 Å². The molecule has 8 heteroatoms. The van der Waals surface area contributed by atoms with E-state index in [1.165, 1.54) is 6.20 Å². The minimum atomic E-state index is -0.427. The third-order valence-electron chi connectivity index (χ3n) is 3.57. The number of rotatable bonds is 6. The van der Waals surface area contributed by atoms with Crippen molar-refractivity contribution in [1.29, 1.82) is 0 Å². The molecule has 0 unspecified atom stereocenters. The van der Waals surface area contributed by atoms with Gasteiger partial charge in [-0.15, -0.1) is 0 Å². The lowest BCUT2D eigenvalue weighted by molar-refractivity contribution is 0.0527. The smallest absolute Gasteiger partial charge is 0.340 e. The number of amides is 1. The average molecular weight is 366 g/mol. The molecule has 0 saturated carbocycles. The average Bonchev–Trinajstić information content (AvgIpc) is 3.07. The van der Waals surface area contributed by atoms with Gasteiger partial charge in [-0.1, -0.05) is 17.3 Å². The molecule has 8 nitrogen and oxygen atoms in total. The van der Waals surface area contributed by atoms with Crippen LogP contribution in [0.2, 0.25) is 0 Å². The van der Waals surface area contributed by atoms with Crippen LogP contribution in [0.4, 0.5) is 17.2 Å². The molecule has 2 N–H and O–H groups in total. The lowest BCUT2D eigenvalue weighted by Gasteiger charge is -2.11. The summed E-state index contributed by atoms with van der Waals surface area (Å²) in [5, 5.41) is 9.45. The van der Waals surface area contributed by atoms with Crippen molar-refractivity contribution >= 4 is 29.1 Å². The topological polar surface area (TPSA) is 106 Å². The molecule has 3 rings (SSSR count). The second-order valence-electron chi connectivity index (χ2n) is 5.63. The molecule has 0 atom stereocenters. The molecule has 1 amide bonds. The number of benzene rings is 1. The van der Waals surface area contributed by atoms with Crippen LogP contribution in [0, 0.1) is 6.92 Å². The molecule has 27 heavy (non-hydrogen) atoms. The van der Waals surface area contributed by atoms with E-state index in [0.717, 1.165) is 0 Å². The van der Waals surface area contributed by atoms with E-state index in [4.69, 9.17) is 9.26 Å². The van der Waals surface area contributed by atoms with E-state index in [1.54, 1.807) is 56.4 Å². The Balaban J connectivity index is 1.78. The molecule has 0 saturated heterocycles. The molecule has 3 aromatic rings. The van der Waals surface area contributed by atoms with Gasteiger partial charge < -0.3 is 19.9 Å². The zero-order chi connectivity index (χ0) is 19.2. The summed E-state index contributed by atoms with van der Waals surface area (Å²) in [6.07, 6.45) is 2.99. The Kier molecular flexibility index (Phi) is 5.46. The van der Waals surface area contributed by atoms with E-state index >= 15 is 0 Å². The first kappa shape index (κ1) is 18.1. The molecule has 0 aliphatic rings. The number of esters is 1. The maximum absolute atomic E-state index is 12.4. The van der Waals surface area contributed by atoms with Gasteiger partial charge in [0.2, 0.25) is 0 Å². The minimum absolute atomic E-state index is 0.284. The van der Waals surface area contributed by atoms with Crippen LogP contribution < -0.4 is 10.6 Å². The van der Waals surface area contributed by atoms with E-state index in [1.807, 2.05) is 0 Å². The summed E-state index contributed by atoms with van der Waals surface area (Å²) in [4.78, 5) is 28.5. The highest BCUT2D eigenvalue weighted by Crippen LogP contribution is 2.22. The summed E-state index contributed by atoms with van der Waals surface area (Å²) >= 11 is 0. The van der Waals surface area contributed by atoms with Crippen molar-refractivity contribution in [2.24, 2.45) is 0 Å². The number of para-hydroxylation sites is 1. The number of aryl methyl sites for hydroxylation is 1. The van der Waals surface area contributed by atoms with Crippen molar-refractivity contribution in [1.82, 2.24) is 10.1 Å². The van der Waals surface area contributed by atoms with Crippen LogP contribution >= 0.6 is 0 Å². The third kappa shape index (κ3) is 4.49. The first-order chi connectivity index (χ1) is 13.1. The van der Waals surface area contributed by atoms with Gasteiger partial charge in [0, 0.05) is 12.3 Å². The summed E-state index contributed by atoms with van der Waals surface area (Å²) in [5.41, 5.74) is 1.83. The molecule has 138 valence electrons. The molecule has 2 heterocycles. The fourth-order valence-electron chi connectivity index (χ4n) is 2.38. The summed E-state index contributed by atoms with van der Waals surface area (Å²) in [7, 11) is 0. The highest BCUT2D eigenvalue weighted by Gasteiger charge is 2.14. The van der Waals surface area contributed by atoms with Gasteiger partial charge >= 0.3 is 5.97 Å². The molecule has 0 radical (unpaired) electrons. The van der Waals surface area contributed by atoms with Gasteiger partial charge in [0.25, 0.3) is 5.91 Å². The molecule has 0 aliphatic heterocycles. The summed E-state index contributed by atoms with van der Waals surface area (Å²) in [6.45, 7) is 3.76. The monoisotopic (exact) mass is 366 g/mol. The van der Waals surface area contributed by atoms with Crippen LogP contribution in [0.3, 0.4) is 0 Å². The van der Waals surface area contributed by atoms with E-state index in [-0.39, 0.29) is 12.5 Å². The quantitative estimate of drug-likeness (QED) is 0.643. The van der Waals surface area contributed by atoms with Crippen molar-refractivity contribution in [3.05, 3.63) is 65.7 Å². The van der Waals surface area contributed by atoms with Crippen molar-refractivity contribution in [2.45, 2.75) is 13.8 Å². The molecule has 2 aromatic heterocycles. The number of aromatic nitrogens is 2. The van der Waals surface area contributed by atoms with Crippen molar-refractivity contribution < 1.29 is 18.8 Å². The van der Waals surface area contributed by atoms with Crippen LogP contribution in [0.5, 0.6) is 0 Å². The number of carbonyl (C=O) groups excluding carboxylic acids is 2. The van der Waals surface area contributed by atoms with E-state index in [2.05, 4.69) is 20.8 Å². The number of nitrogens with zero attached hydrogens (tertiary/aromatic N) is 2. The number of pyridine rings is 1. The van der Waals surface area contributed by atoms with E-state index < -0.39 is 5.97 Å². The fraction of sp³-hybridized carbons (Fsp3) is 0.158. The van der Waals surface area contributed by atoms with Gasteiger partial charge in [-0.25, -0.2) is 4.79 Å².